The summed E-state index contributed by atoms with van der Waals surface area (Å²) in [6, 6.07) is 19.4. The highest BCUT2D eigenvalue weighted by Crippen LogP contribution is 2.34. The van der Waals surface area contributed by atoms with Gasteiger partial charge in [-0.2, -0.15) is 4.98 Å². The van der Waals surface area contributed by atoms with Gasteiger partial charge in [0, 0.05) is 50.5 Å². The monoisotopic (exact) mass is 625 g/mol. The molecular weight excluding hydrogens is 586 g/mol. The Hall–Kier alpha value is -4.74. The van der Waals surface area contributed by atoms with Gasteiger partial charge in [0.2, 0.25) is 11.8 Å². The van der Waals surface area contributed by atoms with Crippen molar-refractivity contribution in [2.24, 2.45) is 5.92 Å². The molecule has 6 rings (SSSR count). The number of aromatic nitrogens is 1. The van der Waals surface area contributed by atoms with E-state index in [1.54, 1.807) is 16.8 Å². The molecule has 0 aliphatic carbocycles. The quantitative estimate of drug-likeness (QED) is 0.279. The van der Waals surface area contributed by atoms with E-state index in [1.165, 1.54) is 0 Å². The summed E-state index contributed by atoms with van der Waals surface area (Å²) in [4.78, 5) is 48.2. The number of hydrogen-bond acceptors (Lipinski definition) is 8. The minimum absolute atomic E-state index is 0.0602. The first kappa shape index (κ1) is 31.3. The summed E-state index contributed by atoms with van der Waals surface area (Å²) in [5.41, 5.74) is 6.75. The fraction of sp³-hybridized carbons (Fsp3) is 0.371. The number of benzene rings is 3. The minimum atomic E-state index is -0.917. The minimum Gasteiger partial charge on any atom is -0.481 e. The number of oxazole rings is 1. The molecule has 1 aromatic heterocycles. The molecule has 3 heterocycles. The number of anilines is 3. The number of nitrogens with one attached hydrogen (secondary N) is 1. The van der Waals surface area contributed by atoms with Gasteiger partial charge >= 0.3 is 5.97 Å². The average molecular weight is 626 g/mol. The molecular formula is C35H39N5O6. The number of amides is 2. The molecule has 2 N–H and O–H groups in total. The molecule has 3 aromatic carbocycles. The highest BCUT2D eigenvalue weighted by atomic mass is 16.5. The number of fused-ring (bicyclic) bond motifs is 1. The molecule has 2 atom stereocenters. The second-order valence-electron chi connectivity index (χ2n) is 12.2. The van der Waals surface area contributed by atoms with Gasteiger partial charge in [0.25, 0.3) is 6.01 Å². The first-order valence-corrected chi connectivity index (χ1v) is 15.6. The molecule has 0 spiro atoms. The lowest BCUT2D eigenvalue weighted by Crippen LogP contribution is -2.44. The summed E-state index contributed by atoms with van der Waals surface area (Å²) < 4.78 is 11.3. The van der Waals surface area contributed by atoms with Crippen LogP contribution in [0.25, 0.3) is 11.1 Å². The van der Waals surface area contributed by atoms with Gasteiger partial charge in [0.05, 0.1) is 32.1 Å². The Morgan fingerprint density at radius 2 is 1.72 bits per heavy atom. The van der Waals surface area contributed by atoms with Crippen molar-refractivity contribution in [1.82, 2.24) is 14.8 Å². The van der Waals surface area contributed by atoms with Gasteiger partial charge in [-0.15, -0.1) is 0 Å². The molecule has 2 unspecified atom stereocenters. The Morgan fingerprint density at radius 1 is 1.00 bits per heavy atom. The van der Waals surface area contributed by atoms with Crippen molar-refractivity contribution < 1.29 is 28.6 Å². The zero-order valence-electron chi connectivity index (χ0n) is 26.4. The van der Waals surface area contributed by atoms with Crippen LogP contribution in [-0.2, 0) is 25.5 Å². The van der Waals surface area contributed by atoms with E-state index in [-0.39, 0.29) is 37.2 Å². The number of ether oxygens (including phenoxy) is 1. The number of aliphatic carboxylic acids is 1. The molecule has 4 aromatic rings. The summed E-state index contributed by atoms with van der Waals surface area (Å²) in [6.45, 7) is 7.43. The van der Waals surface area contributed by atoms with Crippen LogP contribution in [0.3, 0.4) is 0 Å². The van der Waals surface area contributed by atoms with Crippen molar-refractivity contribution in [3.63, 3.8) is 0 Å². The van der Waals surface area contributed by atoms with Crippen molar-refractivity contribution in [1.29, 1.82) is 0 Å². The van der Waals surface area contributed by atoms with Crippen LogP contribution in [0.5, 0.6) is 0 Å². The number of para-hydroxylation sites is 1. The van der Waals surface area contributed by atoms with Gasteiger partial charge < -0.3 is 29.4 Å². The van der Waals surface area contributed by atoms with Crippen LogP contribution < -0.4 is 10.2 Å². The second-order valence-corrected chi connectivity index (χ2v) is 12.2. The predicted molar refractivity (Wildman–Crippen MR) is 174 cm³/mol. The maximum absolute atomic E-state index is 13.3. The third-order valence-electron chi connectivity index (χ3n) is 9.06. The van der Waals surface area contributed by atoms with Crippen LogP contribution in [0.4, 0.5) is 17.4 Å². The van der Waals surface area contributed by atoms with Crippen LogP contribution in [-0.4, -0.2) is 90.7 Å². The number of nitrogens with zero attached hydrogens (tertiary/aromatic N) is 4. The lowest BCUT2D eigenvalue weighted by Gasteiger charge is -2.28. The molecule has 2 amide bonds. The Balaban J connectivity index is 1.09. The Labute approximate surface area is 267 Å². The Bertz CT molecular complexity index is 1730. The number of likely N-dealkylation sites (N-methyl/N-ethyl adjacent to an activating group) is 1. The van der Waals surface area contributed by atoms with Gasteiger partial charge in [-0.3, -0.25) is 19.3 Å². The lowest BCUT2D eigenvalue weighted by molar-refractivity contribution is -0.142. The van der Waals surface area contributed by atoms with E-state index in [2.05, 4.69) is 10.3 Å². The summed E-state index contributed by atoms with van der Waals surface area (Å²) in [7, 11) is 1.72. The van der Waals surface area contributed by atoms with E-state index in [1.807, 2.05) is 79.4 Å². The fourth-order valence-corrected chi connectivity index (χ4v) is 6.28. The van der Waals surface area contributed by atoms with Crippen LogP contribution in [0.15, 0.2) is 65.1 Å². The number of morpholine rings is 1. The molecule has 46 heavy (non-hydrogen) atoms. The summed E-state index contributed by atoms with van der Waals surface area (Å²) >= 11 is 0. The average Bonchev–Trinajstić information content (AvgIpc) is 3.68. The standard InChI is InChI=1S/C35H39N5O6/c1-22-5-4-6-23(2)33(22)37-35-36-29-12-7-24(17-30(29)46-35)18-31(41)38(3)26-10-8-25(9-11-26)27-19-40(20-28(27)34(43)44)32(42)21-39-13-15-45-16-14-39/h4-12,17,27-28H,13-16,18-21H2,1-3H3,(H,36,37)(H,43,44). The van der Waals surface area contributed by atoms with E-state index in [0.29, 0.717) is 55.6 Å². The van der Waals surface area contributed by atoms with E-state index in [4.69, 9.17) is 9.15 Å². The maximum atomic E-state index is 13.3. The number of aryl methyl sites for hydroxylation is 2. The molecule has 2 saturated heterocycles. The van der Waals surface area contributed by atoms with Crippen molar-refractivity contribution >= 4 is 46.3 Å². The van der Waals surface area contributed by atoms with Gasteiger partial charge in [-0.1, -0.05) is 36.4 Å². The third-order valence-corrected chi connectivity index (χ3v) is 9.06. The zero-order valence-corrected chi connectivity index (χ0v) is 26.4. The largest absolute Gasteiger partial charge is 0.481 e. The molecule has 0 saturated carbocycles. The third kappa shape index (κ3) is 6.75. The first-order chi connectivity index (χ1) is 22.2. The number of hydrogen-bond donors (Lipinski definition) is 2. The molecule has 0 bridgehead atoms. The van der Waals surface area contributed by atoms with Crippen LogP contribution >= 0.6 is 0 Å². The number of rotatable bonds is 9. The first-order valence-electron chi connectivity index (χ1n) is 15.6. The lowest BCUT2D eigenvalue weighted by atomic mass is 9.89. The van der Waals surface area contributed by atoms with Gasteiger partial charge in [-0.25, -0.2) is 0 Å². The van der Waals surface area contributed by atoms with Crippen LogP contribution in [0.1, 0.15) is 28.2 Å². The molecule has 11 nitrogen and oxygen atoms in total. The Kier molecular flexibility index (Phi) is 9.05. The van der Waals surface area contributed by atoms with Crippen molar-refractivity contribution in [3.8, 4) is 0 Å². The molecule has 2 aliphatic rings. The topological polar surface area (TPSA) is 128 Å². The summed E-state index contributed by atoms with van der Waals surface area (Å²) in [6.07, 6.45) is 0.165. The molecule has 2 fully saturated rings. The summed E-state index contributed by atoms with van der Waals surface area (Å²) in [5.74, 6) is -2.11. The van der Waals surface area contributed by atoms with Gasteiger partial charge in [0.1, 0.15) is 5.52 Å². The highest BCUT2D eigenvalue weighted by molar-refractivity contribution is 5.94. The van der Waals surface area contributed by atoms with Crippen molar-refractivity contribution in [2.45, 2.75) is 26.2 Å². The summed E-state index contributed by atoms with van der Waals surface area (Å²) in [5, 5.41) is 13.2. The van der Waals surface area contributed by atoms with Crippen molar-refractivity contribution in [3.05, 3.63) is 82.9 Å². The number of likely N-dealkylation sites (tertiary alicyclic amines) is 1. The van der Waals surface area contributed by atoms with Crippen LogP contribution in [0.2, 0.25) is 0 Å². The van der Waals surface area contributed by atoms with E-state index in [9.17, 15) is 19.5 Å². The van der Waals surface area contributed by atoms with E-state index < -0.39 is 11.9 Å². The molecule has 2 aliphatic heterocycles. The number of carbonyl (C=O) groups is 3. The maximum Gasteiger partial charge on any atom is 0.308 e. The smallest absolute Gasteiger partial charge is 0.308 e. The Morgan fingerprint density at radius 3 is 2.41 bits per heavy atom. The zero-order chi connectivity index (χ0) is 32.4. The van der Waals surface area contributed by atoms with Crippen molar-refractivity contribution in [2.75, 3.05) is 63.2 Å². The SMILES string of the molecule is Cc1cccc(C)c1Nc1nc2ccc(CC(=O)N(C)c3ccc(C4CN(C(=O)CN5CCOCC5)CC4C(=O)O)cc3)cc2o1. The highest BCUT2D eigenvalue weighted by Gasteiger charge is 2.40. The molecule has 11 heteroatoms. The van der Waals surface area contributed by atoms with E-state index in [0.717, 1.165) is 27.9 Å². The van der Waals surface area contributed by atoms with Gasteiger partial charge in [0.15, 0.2) is 5.58 Å². The second kappa shape index (κ2) is 13.3. The number of carbonyl (C=O) groups excluding carboxylic acids is 2. The number of carboxylic acid groups (broad SMARTS) is 1. The molecule has 240 valence electrons. The molecule has 0 radical (unpaired) electrons. The fourth-order valence-electron chi connectivity index (χ4n) is 6.28. The predicted octanol–water partition coefficient (Wildman–Crippen LogP) is 4.35. The van der Waals surface area contributed by atoms with E-state index >= 15 is 0 Å². The van der Waals surface area contributed by atoms with Gasteiger partial charge in [-0.05, 0) is 60.4 Å². The van der Waals surface area contributed by atoms with Crippen LogP contribution in [0, 0.1) is 19.8 Å². The number of carboxylic acids is 1. The normalized spacial score (nSPS) is 18.5.